The maximum atomic E-state index is 6.08. The lowest BCUT2D eigenvalue weighted by Gasteiger charge is -2.16. The maximum absolute atomic E-state index is 6.08. The number of hydrogen-bond donors (Lipinski definition) is 0. The lowest BCUT2D eigenvalue weighted by Crippen LogP contribution is -1.95. The monoisotopic (exact) mass is 307 g/mol. The van der Waals surface area contributed by atoms with Gasteiger partial charge in [-0.1, -0.05) is 48.5 Å². The number of aryl methyl sites for hydroxylation is 2. The normalized spacial score (nSPS) is 10.7. The quantitative estimate of drug-likeness (QED) is 0.560. The van der Waals surface area contributed by atoms with Crippen molar-refractivity contribution in [1.29, 1.82) is 0 Å². The number of pyridine rings is 1. The minimum Gasteiger partial charge on any atom is -0.259 e. The average Bonchev–Trinajstić information content (AvgIpc) is 2.55. The van der Waals surface area contributed by atoms with Crippen molar-refractivity contribution in [3.05, 3.63) is 77.6 Å². The first-order chi connectivity index (χ1) is 10.7. The Bertz CT molecular complexity index is 788. The van der Waals surface area contributed by atoms with E-state index in [1.165, 1.54) is 27.8 Å². The minimum absolute atomic E-state index is 0.414. The van der Waals surface area contributed by atoms with Crippen molar-refractivity contribution in [2.75, 3.05) is 0 Å². The molecule has 0 aliphatic rings. The fraction of sp³-hybridized carbons (Fsp3) is 0.150. The van der Waals surface area contributed by atoms with Gasteiger partial charge in [0.15, 0.2) is 0 Å². The van der Waals surface area contributed by atoms with Crippen molar-refractivity contribution in [3.8, 4) is 22.3 Å². The van der Waals surface area contributed by atoms with E-state index < -0.39 is 0 Å². The largest absolute Gasteiger partial charge is 0.259 e. The van der Waals surface area contributed by atoms with Crippen molar-refractivity contribution in [2.24, 2.45) is 0 Å². The van der Waals surface area contributed by atoms with Gasteiger partial charge in [0.05, 0.1) is 11.6 Å². The number of nitrogens with zero attached hydrogens (tertiary/aromatic N) is 1. The fourth-order valence-electron chi connectivity index (χ4n) is 2.97. The Morgan fingerprint density at radius 3 is 2.09 bits per heavy atom. The Hall–Kier alpha value is -2.12. The zero-order chi connectivity index (χ0) is 15.5. The third-order valence-electron chi connectivity index (χ3n) is 3.98. The first kappa shape index (κ1) is 14.8. The van der Waals surface area contributed by atoms with E-state index in [2.05, 4.69) is 67.4 Å². The molecule has 2 aromatic carbocycles. The second-order valence-electron chi connectivity index (χ2n) is 5.44. The molecule has 3 aromatic rings. The first-order valence-corrected chi connectivity index (χ1v) is 7.91. The summed E-state index contributed by atoms with van der Waals surface area (Å²) in [4.78, 5) is 4.42. The standard InChI is InChI=1S/C20H18ClN/c1-14-7-5-8-15(2)20(14)18-10-4-3-9-16(18)17-11-6-12-22-19(17)13-21/h3-12H,13H2,1-2H3. The molecule has 22 heavy (non-hydrogen) atoms. The average molecular weight is 308 g/mol. The topological polar surface area (TPSA) is 12.9 Å². The maximum Gasteiger partial charge on any atom is 0.0653 e. The highest BCUT2D eigenvalue weighted by atomic mass is 35.5. The highest BCUT2D eigenvalue weighted by Crippen LogP contribution is 2.36. The van der Waals surface area contributed by atoms with Gasteiger partial charge >= 0.3 is 0 Å². The van der Waals surface area contributed by atoms with E-state index in [9.17, 15) is 0 Å². The molecule has 0 unspecified atom stereocenters. The summed E-state index contributed by atoms with van der Waals surface area (Å²) in [7, 11) is 0. The van der Waals surface area contributed by atoms with Crippen LogP contribution in [-0.2, 0) is 5.88 Å². The van der Waals surface area contributed by atoms with Crippen LogP contribution in [0.3, 0.4) is 0 Å². The van der Waals surface area contributed by atoms with Gasteiger partial charge in [-0.05, 0) is 47.7 Å². The third-order valence-corrected chi connectivity index (χ3v) is 4.24. The van der Waals surface area contributed by atoms with Gasteiger partial charge in [-0.25, -0.2) is 0 Å². The molecule has 1 heterocycles. The predicted octanol–water partition coefficient (Wildman–Crippen LogP) is 5.77. The molecule has 3 rings (SSSR count). The molecule has 0 radical (unpaired) electrons. The summed E-state index contributed by atoms with van der Waals surface area (Å²) in [5.74, 6) is 0.414. The lowest BCUT2D eigenvalue weighted by atomic mass is 9.89. The van der Waals surface area contributed by atoms with Gasteiger partial charge in [0.25, 0.3) is 0 Å². The van der Waals surface area contributed by atoms with Crippen LogP contribution in [0.5, 0.6) is 0 Å². The van der Waals surface area contributed by atoms with E-state index >= 15 is 0 Å². The summed E-state index contributed by atoms with van der Waals surface area (Å²) in [5.41, 5.74) is 8.30. The Morgan fingerprint density at radius 1 is 0.773 bits per heavy atom. The molecule has 2 heteroatoms. The van der Waals surface area contributed by atoms with Crippen LogP contribution in [0.25, 0.3) is 22.3 Å². The van der Waals surface area contributed by atoms with Crippen molar-refractivity contribution >= 4 is 11.6 Å². The molecule has 0 fully saturated rings. The van der Waals surface area contributed by atoms with Gasteiger partial charge in [0.2, 0.25) is 0 Å². The molecule has 0 amide bonds. The van der Waals surface area contributed by atoms with Crippen LogP contribution in [0.1, 0.15) is 16.8 Å². The van der Waals surface area contributed by atoms with Crippen LogP contribution in [0.15, 0.2) is 60.8 Å². The summed E-state index contributed by atoms with van der Waals surface area (Å²) in [6.45, 7) is 4.32. The minimum atomic E-state index is 0.414. The van der Waals surface area contributed by atoms with Gasteiger partial charge in [-0.3, -0.25) is 4.98 Å². The fourth-order valence-corrected chi connectivity index (χ4v) is 3.18. The summed E-state index contributed by atoms with van der Waals surface area (Å²) >= 11 is 6.08. The summed E-state index contributed by atoms with van der Waals surface area (Å²) in [6, 6.07) is 19.0. The summed E-state index contributed by atoms with van der Waals surface area (Å²) < 4.78 is 0. The highest BCUT2D eigenvalue weighted by Gasteiger charge is 2.13. The Kier molecular flexibility index (Phi) is 4.26. The molecular formula is C20H18ClN. The number of hydrogen-bond acceptors (Lipinski definition) is 1. The van der Waals surface area contributed by atoms with Crippen LogP contribution < -0.4 is 0 Å². The van der Waals surface area contributed by atoms with Crippen molar-refractivity contribution in [2.45, 2.75) is 19.7 Å². The summed E-state index contributed by atoms with van der Waals surface area (Å²) in [5, 5.41) is 0. The molecule has 1 aromatic heterocycles. The highest BCUT2D eigenvalue weighted by molar-refractivity contribution is 6.17. The molecule has 0 saturated heterocycles. The van der Waals surface area contributed by atoms with Crippen molar-refractivity contribution in [1.82, 2.24) is 4.98 Å². The van der Waals surface area contributed by atoms with E-state index in [1.807, 2.05) is 6.07 Å². The zero-order valence-corrected chi connectivity index (χ0v) is 13.6. The van der Waals surface area contributed by atoms with Gasteiger partial charge in [0, 0.05) is 11.8 Å². The van der Waals surface area contributed by atoms with E-state index in [0.29, 0.717) is 5.88 Å². The lowest BCUT2D eigenvalue weighted by molar-refractivity contribution is 1.17. The van der Waals surface area contributed by atoms with Crippen molar-refractivity contribution in [3.63, 3.8) is 0 Å². The Labute approximate surface area is 136 Å². The van der Waals surface area contributed by atoms with E-state index in [1.54, 1.807) is 6.20 Å². The SMILES string of the molecule is Cc1cccc(C)c1-c1ccccc1-c1cccnc1CCl. The second-order valence-corrected chi connectivity index (χ2v) is 5.71. The second kappa shape index (κ2) is 6.33. The van der Waals surface area contributed by atoms with Crippen LogP contribution >= 0.6 is 11.6 Å². The smallest absolute Gasteiger partial charge is 0.0653 e. The molecule has 0 aliphatic heterocycles. The van der Waals surface area contributed by atoms with Gasteiger partial charge in [-0.2, -0.15) is 0 Å². The number of aromatic nitrogens is 1. The predicted molar refractivity (Wildman–Crippen MR) is 94.1 cm³/mol. The van der Waals surface area contributed by atoms with Gasteiger partial charge in [0.1, 0.15) is 0 Å². The first-order valence-electron chi connectivity index (χ1n) is 7.38. The third kappa shape index (κ3) is 2.65. The molecule has 0 bridgehead atoms. The number of alkyl halides is 1. The molecule has 0 spiro atoms. The molecule has 110 valence electrons. The molecule has 0 saturated carbocycles. The zero-order valence-electron chi connectivity index (χ0n) is 12.8. The number of benzene rings is 2. The van der Waals surface area contributed by atoms with E-state index in [-0.39, 0.29) is 0 Å². The van der Waals surface area contributed by atoms with Crippen LogP contribution in [0.4, 0.5) is 0 Å². The molecule has 0 N–H and O–H groups in total. The van der Waals surface area contributed by atoms with Crippen LogP contribution in [0.2, 0.25) is 0 Å². The Morgan fingerprint density at radius 2 is 1.41 bits per heavy atom. The number of rotatable bonds is 3. The molecule has 1 nitrogen and oxygen atoms in total. The molecular weight excluding hydrogens is 290 g/mol. The molecule has 0 atom stereocenters. The Balaban J connectivity index is 2.28. The van der Waals surface area contributed by atoms with Crippen LogP contribution in [-0.4, -0.2) is 4.98 Å². The molecule has 0 aliphatic carbocycles. The van der Waals surface area contributed by atoms with Gasteiger partial charge in [-0.15, -0.1) is 11.6 Å². The van der Waals surface area contributed by atoms with Gasteiger partial charge < -0.3 is 0 Å². The van der Waals surface area contributed by atoms with E-state index in [0.717, 1.165) is 11.3 Å². The number of halogens is 1. The van der Waals surface area contributed by atoms with E-state index in [4.69, 9.17) is 11.6 Å². The van der Waals surface area contributed by atoms with Crippen LogP contribution in [0, 0.1) is 13.8 Å². The van der Waals surface area contributed by atoms with Crippen molar-refractivity contribution < 1.29 is 0 Å². The summed E-state index contributed by atoms with van der Waals surface area (Å²) in [6.07, 6.45) is 1.79.